The first kappa shape index (κ1) is 15.0. The third kappa shape index (κ3) is 2.32. The molecule has 1 aliphatic rings. The van der Waals surface area contributed by atoms with E-state index in [1.165, 1.54) is 0 Å². The second-order valence-corrected chi connectivity index (χ2v) is 4.85. The number of aromatic amines is 1. The van der Waals surface area contributed by atoms with Gasteiger partial charge in [-0.15, -0.1) is 0 Å². The zero-order valence-corrected chi connectivity index (χ0v) is 12.0. The Labute approximate surface area is 124 Å². The molecule has 1 saturated heterocycles. The molecule has 0 spiro atoms. The van der Waals surface area contributed by atoms with Gasteiger partial charge in [-0.1, -0.05) is 27.7 Å². The molecule has 20 heavy (non-hydrogen) atoms. The van der Waals surface area contributed by atoms with E-state index in [1.54, 1.807) is 22.6 Å². The molecule has 108 valence electrons. The first-order valence-corrected chi connectivity index (χ1v) is 6.91. The number of hydrogen-bond acceptors (Lipinski definition) is 5. The summed E-state index contributed by atoms with van der Waals surface area (Å²) in [6.45, 7) is 0. The average molecular weight is 397 g/mol. The van der Waals surface area contributed by atoms with Crippen LogP contribution >= 0.6 is 22.6 Å². The predicted octanol–water partition coefficient (Wildman–Crippen LogP) is 0.206. The normalized spacial score (nSPS) is 32.9. The Morgan fingerprint density at radius 1 is 1.70 bits per heavy atom. The predicted molar refractivity (Wildman–Crippen MR) is 73.1 cm³/mol. The van der Waals surface area contributed by atoms with Crippen LogP contribution in [0.15, 0.2) is 27.0 Å². The van der Waals surface area contributed by atoms with Crippen molar-refractivity contribution in [2.45, 2.75) is 24.2 Å². The average Bonchev–Trinajstić information content (AvgIpc) is 2.65. The number of H-pyrrole nitrogens is 1. The van der Waals surface area contributed by atoms with Crippen LogP contribution in [0.5, 0.6) is 0 Å². The standard InChI is InChI=1S/C9H9FIN5O4/c10-5-6(18)9(3-11,14-15-12)20-7(5)16-2-1-4(17)13-8(16)19/h1-2,5-7,18H,3H2,(H,13,17,19)/t5-,6-,7+,9+/m0/s1. The van der Waals surface area contributed by atoms with E-state index in [1.807, 2.05) is 4.98 Å². The van der Waals surface area contributed by atoms with Gasteiger partial charge >= 0.3 is 5.69 Å². The lowest BCUT2D eigenvalue weighted by molar-refractivity contribution is -0.0834. The van der Waals surface area contributed by atoms with Crippen LogP contribution in [0.4, 0.5) is 4.39 Å². The smallest absolute Gasteiger partial charge is 0.330 e. The first-order valence-electron chi connectivity index (χ1n) is 5.39. The van der Waals surface area contributed by atoms with Crippen LogP contribution in [-0.4, -0.2) is 37.1 Å². The van der Waals surface area contributed by atoms with Crippen LogP contribution in [0.2, 0.25) is 0 Å². The molecule has 0 amide bonds. The number of azide groups is 1. The van der Waals surface area contributed by atoms with Crippen molar-refractivity contribution < 1.29 is 14.2 Å². The fourth-order valence-corrected chi connectivity index (χ4v) is 2.67. The van der Waals surface area contributed by atoms with Gasteiger partial charge in [-0.25, -0.2) is 9.18 Å². The zero-order chi connectivity index (χ0) is 14.9. The Bertz CT molecular complexity index is 671. The van der Waals surface area contributed by atoms with E-state index in [0.29, 0.717) is 0 Å². The molecule has 0 saturated carbocycles. The highest BCUT2D eigenvalue weighted by Crippen LogP contribution is 2.40. The molecule has 0 radical (unpaired) electrons. The molecule has 1 fully saturated rings. The van der Waals surface area contributed by atoms with Gasteiger partial charge in [-0.3, -0.25) is 14.3 Å². The summed E-state index contributed by atoms with van der Waals surface area (Å²) in [6, 6.07) is 1.02. The van der Waals surface area contributed by atoms with Gasteiger partial charge in [0.15, 0.2) is 18.1 Å². The highest BCUT2D eigenvalue weighted by molar-refractivity contribution is 14.1. The summed E-state index contributed by atoms with van der Waals surface area (Å²) in [5.41, 5.74) is 5.17. The lowest BCUT2D eigenvalue weighted by Gasteiger charge is -2.23. The fraction of sp³-hybridized carbons (Fsp3) is 0.556. The van der Waals surface area contributed by atoms with Gasteiger partial charge < -0.3 is 9.84 Å². The van der Waals surface area contributed by atoms with E-state index in [4.69, 9.17) is 10.3 Å². The van der Waals surface area contributed by atoms with Gasteiger partial charge in [-0.05, 0) is 5.53 Å². The van der Waals surface area contributed by atoms with Crippen molar-refractivity contribution in [2.75, 3.05) is 4.43 Å². The highest BCUT2D eigenvalue weighted by atomic mass is 127. The van der Waals surface area contributed by atoms with E-state index in [-0.39, 0.29) is 4.43 Å². The van der Waals surface area contributed by atoms with Crippen LogP contribution in [-0.2, 0) is 4.74 Å². The quantitative estimate of drug-likeness (QED) is 0.248. The number of aromatic nitrogens is 2. The monoisotopic (exact) mass is 397 g/mol. The maximum Gasteiger partial charge on any atom is 0.330 e. The maximum absolute atomic E-state index is 14.1. The van der Waals surface area contributed by atoms with Crippen molar-refractivity contribution in [1.29, 1.82) is 0 Å². The molecular weight excluding hydrogens is 388 g/mol. The van der Waals surface area contributed by atoms with Crippen molar-refractivity contribution in [2.24, 2.45) is 5.11 Å². The number of hydrogen-bond donors (Lipinski definition) is 2. The SMILES string of the molecule is [N-]=[N+]=N[C@]1(CI)O[C@@H](n2ccc(=O)[nH]c2=O)[C@@H](F)[C@@H]1O. The minimum atomic E-state index is -1.99. The van der Waals surface area contributed by atoms with Gasteiger partial charge in [0.2, 0.25) is 0 Å². The molecule has 0 aliphatic carbocycles. The maximum atomic E-state index is 14.1. The lowest BCUT2D eigenvalue weighted by atomic mass is 10.1. The van der Waals surface area contributed by atoms with Crippen LogP contribution in [0.25, 0.3) is 10.4 Å². The van der Waals surface area contributed by atoms with Crippen molar-refractivity contribution >= 4 is 22.6 Å². The van der Waals surface area contributed by atoms with Crippen LogP contribution in [0.1, 0.15) is 6.23 Å². The summed E-state index contributed by atoms with van der Waals surface area (Å²) in [5.74, 6) is 0. The number of nitrogens with one attached hydrogen (secondary N) is 1. The zero-order valence-electron chi connectivity index (χ0n) is 9.81. The second-order valence-electron chi connectivity index (χ2n) is 4.08. The lowest BCUT2D eigenvalue weighted by Crippen LogP contribution is -2.41. The summed E-state index contributed by atoms with van der Waals surface area (Å²) in [6.07, 6.45) is -4.16. The van der Waals surface area contributed by atoms with Crippen molar-refractivity contribution in [3.8, 4) is 0 Å². The van der Waals surface area contributed by atoms with E-state index < -0.39 is 35.5 Å². The van der Waals surface area contributed by atoms with Gasteiger partial charge in [-0.2, -0.15) is 0 Å². The van der Waals surface area contributed by atoms with Crippen molar-refractivity contribution in [3.05, 3.63) is 43.5 Å². The molecular formula is C9H9FIN5O4. The number of alkyl halides is 2. The van der Waals surface area contributed by atoms with Gasteiger partial charge in [0.1, 0.15) is 6.10 Å². The van der Waals surface area contributed by atoms with E-state index in [2.05, 4.69) is 10.0 Å². The van der Waals surface area contributed by atoms with Crippen LogP contribution in [0.3, 0.4) is 0 Å². The molecule has 1 aromatic rings. The molecule has 2 N–H and O–H groups in total. The van der Waals surface area contributed by atoms with Crippen LogP contribution in [0, 0.1) is 0 Å². The molecule has 0 unspecified atom stereocenters. The molecule has 1 aliphatic heterocycles. The summed E-state index contributed by atoms with van der Waals surface area (Å²) in [7, 11) is 0. The minimum absolute atomic E-state index is 0.00892. The largest absolute Gasteiger partial charge is 0.387 e. The molecule has 11 heteroatoms. The Hall–Kier alpha value is -1.43. The van der Waals surface area contributed by atoms with E-state index >= 15 is 0 Å². The molecule has 2 heterocycles. The Balaban J connectivity index is 2.47. The van der Waals surface area contributed by atoms with Gasteiger partial charge in [0.25, 0.3) is 5.56 Å². The van der Waals surface area contributed by atoms with Crippen molar-refractivity contribution in [1.82, 2.24) is 9.55 Å². The number of aliphatic hydroxyl groups is 1. The summed E-state index contributed by atoms with van der Waals surface area (Å²) in [4.78, 5) is 27.1. The number of ether oxygens (including phenoxy) is 1. The summed E-state index contributed by atoms with van der Waals surface area (Å²) < 4.78 is 20.2. The third-order valence-electron chi connectivity index (χ3n) is 2.89. The van der Waals surface area contributed by atoms with Gasteiger partial charge in [0, 0.05) is 21.6 Å². The molecule has 2 rings (SSSR count). The number of aliphatic hydroxyl groups excluding tert-OH is 1. The Morgan fingerprint density at radius 2 is 2.40 bits per heavy atom. The van der Waals surface area contributed by atoms with E-state index in [9.17, 15) is 19.1 Å². The minimum Gasteiger partial charge on any atom is -0.387 e. The molecule has 0 bridgehead atoms. The topological polar surface area (TPSA) is 133 Å². The number of halogens is 2. The first-order chi connectivity index (χ1) is 9.45. The van der Waals surface area contributed by atoms with Crippen molar-refractivity contribution in [3.63, 3.8) is 0 Å². The number of rotatable bonds is 3. The summed E-state index contributed by atoms with van der Waals surface area (Å²) >= 11 is 1.77. The fourth-order valence-electron chi connectivity index (χ4n) is 1.88. The molecule has 4 atom stereocenters. The third-order valence-corrected chi connectivity index (χ3v) is 3.98. The van der Waals surface area contributed by atoms with Crippen LogP contribution < -0.4 is 11.2 Å². The highest BCUT2D eigenvalue weighted by Gasteiger charge is 2.55. The number of nitrogens with zero attached hydrogens (tertiary/aromatic N) is 4. The Kier molecular flexibility index (Phi) is 4.13. The molecule has 9 nitrogen and oxygen atoms in total. The van der Waals surface area contributed by atoms with Gasteiger partial charge in [0.05, 0.1) is 0 Å². The molecule has 1 aromatic heterocycles. The second kappa shape index (κ2) is 5.52. The molecule has 0 aromatic carbocycles. The van der Waals surface area contributed by atoms with E-state index in [0.717, 1.165) is 16.8 Å². The Morgan fingerprint density at radius 3 is 2.95 bits per heavy atom. The summed E-state index contributed by atoms with van der Waals surface area (Å²) in [5, 5.41) is 13.2.